The van der Waals surface area contributed by atoms with E-state index in [9.17, 15) is 5.11 Å². The molecule has 0 spiro atoms. The minimum absolute atomic E-state index is 0.545. The van der Waals surface area contributed by atoms with Crippen LogP contribution in [0, 0.1) is 0 Å². The summed E-state index contributed by atoms with van der Waals surface area (Å²) in [6.45, 7) is 1.90. The molecule has 1 aromatic carbocycles. The minimum Gasteiger partial charge on any atom is -0.496 e. The third-order valence-electron chi connectivity index (χ3n) is 3.05. The van der Waals surface area contributed by atoms with Gasteiger partial charge in [-0.15, -0.1) is 0 Å². The van der Waals surface area contributed by atoms with Gasteiger partial charge in [-0.25, -0.2) is 0 Å². The molecule has 21 heavy (non-hydrogen) atoms. The topological polar surface area (TPSA) is 60.8 Å². The molecule has 0 unspecified atom stereocenters. The first-order valence-corrected chi connectivity index (χ1v) is 6.71. The number of rotatable bonds is 6. The van der Waals surface area contributed by atoms with Crippen LogP contribution in [0.25, 0.3) is 0 Å². The van der Waals surface area contributed by atoms with Gasteiger partial charge in [-0.2, -0.15) is 0 Å². The van der Waals surface area contributed by atoms with Crippen LogP contribution in [0.2, 0.25) is 0 Å². The van der Waals surface area contributed by atoms with Crippen LogP contribution < -0.4 is 14.2 Å². The van der Waals surface area contributed by atoms with Gasteiger partial charge in [0.05, 0.1) is 32.2 Å². The smallest absolute Gasteiger partial charge is 0.145 e. The van der Waals surface area contributed by atoms with Gasteiger partial charge >= 0.3 is 0 Å². The predicted octanol–water partition coefficient (Wildman–Crippen LogP) is 3.33. The van der Waals surface area contributed by atoms with E-state index >= 15 is 0 Å². The van der Waals surface area contributed by atoms with Gasteiger partial charge in [0.15, 0.2) is 0 Å². The van der Waals surface area contributed by atoms with Crippen molar-refractivity contribution in [1.82, 2.24) is 4.98 Å². The van der Waals surface area contributed by atoms with Crippen LogP contribution in [-0.2, 0) is 0 Å². The van der Waals surface area contributed by atoms with E-state index in [-0.39, 0.29) is 0 Å². The Morgan fingerprint density at radius 3 is 2.10 bits per heavy atom. The number of nitrogens with zero attached hydrogens (tertiary/aromatic N) is 1. The lowest BCUT2D eigenvalue weighted by Crippen LogP contribution is -1.98. The maximum absolute atomic E-state index is 9.71. The van der Waals surface area contributed by atoms with Gasteiger partial charge in [0.2, 0.25) is 0 Å². The Morgan fingerprint density at radius 1 is 1.00 bits per heavy atom. The average molecular weight is 289 g/mol. The molecule has 1 aromatic heterocycles. The lowest BCUT2D eigenvalue weighted by atomic mass is 10.2. The van der Waals surface area contributed by atoms with Gasteiger partial charge in [-0.3, -0.25) is 4.98 Å². The van der Waals surface area contributed by atoms with E-state index in [2.05, 4.69) is 4.98 Å². The van der Waals surface area contributed by atoms with E-state index in [1.165, 1.54) is 0 Å². The van der Waals surface area contributed by atoms with Crippen molar-refractivity contribution in [3.8, 4) is 23.0 Å². The van der Waals surface area contributed by atoms with Crippen molar-refractivity contribution in [3.05, 3.63) is 42.2 Å². The van der Waals surface area contributed by atoms with E-state index in [1.54, 1.807) is 50.7 Å². The van der Waals surface area contributed by atoms with Crippen molar-refractivity contribution < 1.29 is 19.3 Å². The standard InChI is InChI=1S/C16H19NO4/c1-4-16(18)15-6-5-11(10-17-15)21-14-8-12(19-2)7-13(9-14)20-3/h5-10,16,18H,4H2,1-3H3/t16-/m1/s1. The molecular formula is C16H19NO4. The summed E-state index contributed by atoms with van der Waals surface area (Å²) >= 11 is 0. The summed E-state index contributed by atoms with van der Waals surface area (Å²) in [6, 6.07) is 8.81. The molecule has 0 aliphatic heterocycles. The molecule has 5 heteroatoms. The SMILES string of the molecule is CC[C@@H](O)c1ccc(Oc2cc(OC)cc(OC)c2)cn1. The number of benzene rings is 1. The predicted molar refractivity (Wildman–Crippen MR) is 79.1 cm³/mol. The highest BCUT2D eigenvalue weighted by atomic mass is 16.5. The molecule has 1 N–H and O–H groups in total. The van der Waals surface area contributed by atoms with Gasteiger partial charge in [0, 0.05) is 18.2 Å². The second-order valence-electron chi connectivity index (χ2n) is 4.49. The summed E-state index contributed by atoms with van der Waals surface area (Å²) in [6.07, 6.45) is 1.66. The van der Waals surface area contributed by atoms with Crippen molar-refractivity contribution >= 4 is 0 Å². The summed E-state index contributed by atoms with van der Waals surface area (Å²) in [7, 11) is 3.17. The first kappa shape index (κ1) is 15.1. The summed E-state index contributed by atoms with van der Waals surface area (Å²) in [5.41, 5.74) is 0.632. The molecule has 5 nitrogen and oxygen atoms in total. The molecule has 2 aromatic rings. The van der Waals surface area contributed by atoms with Crippen molar-refractivity contribution in [1.29, 1.82) is 0 Å². The van der Waals surface area contributed by atoms with Crippen LogP contribution in [0.5, 0.6) is 23.0 Å². The van der Waals surface area contributed by atoms with Crippen molar-refractivity contribution in [2.24, 2.45) is 0 Å². The molecule has 2 rings (SSSR count). The summed E-state index contributed by atoms with van der Waals surface area (Å²) in [5.74, 6) is 2.47. The molecule has 0 saturated heterocycles. The number of aromatic nitrogens is 1. The van der Waals surface area contributed by atoms with Crippen LogP contribution in [0.4, 0.5) is 0 Å². The highest BCUT2D eigenvalue weighted by Crippen LogP contribution is 2.30. The highest BCUT2D eigenvalue weighted by Gasteiger charge is 2.08. The fraction of sp³-hybridized carbons (Fsp3) is 0.312. The number of ether oxygens (including phenoxy) is 3. The lowest BCUT2D eigenvalue weighted by molar-refractivity contribution is 0.169. The van der Waals surface area contributed by atoms with Crippen molar-refractivity contribution in [3.63, 3.8) is 0 Å². The summed E-state index contributed by atoms with van der Waals surface area (Å²) < 4.78 is 16.1. The van der Waals surface area contributed by atoms with Gasteiger partial charge in [0.25, 0.3) is 0 Å². The van der Waals surface area contributed by atoms with Crippen LogP contribution in [-0.4, -0.2) is 24.3 Å². The fourth-order valence-electron chi connectivity index (χ4n) is 1.83. The molecule has 1 heterocycles. The Balaban J connectivity index is 2.17. The Bertz CT molecular complexity index is 561. The fourth-order valence-corrected chi connectivity index (χ4v) is 1.83. The molecule has 0 saturated carbocycles. The zero-order chi connectivity index (χ0) is 15.2. The average Bonchev–Trinajstić information content (AvgIpc) is 2.54. The monoisotopic (exact) mass is 289 g/mol. The Labute approximate surface area is 124 Å². The number of methoxy groups -OCH3 is 2. The number of hydrogen-bond donors (Lipinski definition) is 1. The molecular weight excluding hydrogens is 270 g/mol. The molecule has 0 fully saturated rings. The van der Waals surface area contributed by atoms with Gasteiger partial charge in [-0.05, 0) is 18.6 Å². The normalized spacial score (nSPS) is 11.8. The molecule has 0 amide bonds. The van der Waals surface area contributed by atoms with Crippen LogP contribution in [0.15, 0.2) is 36.5 Å². The zero-order valence-electron chi connectivity index (χ0n) is 12.4. The Kier molecular flexibility index (Phi) is 5.00. The Hall–Kier alpha value is -2.27. The molecule has 1 atom stereocenters. The second-order valence-corrected chi connectivity index (χ2v) is 4.49. The number of pyridine rings is 1. The Morgan fingerprint density at radius 2 is 1.62 bits per heavy atom. The number of aliphatic hydroxyl groups is 1. The highest BCUT2D eigenvalue weighted by molar-refractivity contribution is 5.43. The van der Waals surface area contributed by atoms with Crippen LogP contribution in [0.3, 0.4) is 0 Å². The van der Waals surface area contributed by atoms with Crippen molar-refractivity contribution in [2.75, 3.05) is 14.2 Å². The number of aliphatic hydroxyl groups excluding tert-OH is 1. The maximum atomic E-state index is 9.71. The summed E-state index contributed by atoms with van der Waals surface area (Å²) in [4.78, 5) is 4.19. The molecule has 0 aliphatic carbocycles. The minimum atomic E-state index is -0.545. The quantitative estimate of drug-likeness (QED) is 0.883. The van der Waals surface area contributed by atoms with Crippen LogP contribution in [0.1, 0.15) is 25.1 Å². The van der Waals surface area contributed by atoms with Gasteiger partial charge < -0.3 is 19.3 Å². The zero-order valence-corrected chi connectivity index (χ0v) is 12.4. The summed E-state index contributed by atoms with van der Waals surface area (Å²) in [5, 5.41) is 9.71. The largest absolute Gasteiger partial charge is 0.496 e. The second kappa shape index (κ2) is 6.95. The van der Waals surface area contributed by atoms with E-state index in [0.29, 0.717) is 35.1 Å². The molecule has 0 aliphatic rings. The van der Waals surface area contributed by atoms with E-state index in [0.717, 1.165) is 0 Å². The van der Waals surface area contributed by atoms with Gasteiger partial charge in [-0.1, -0.05) is 6.92 Å². The third kappa shape index (κ3) is 3.86. The molecule has 112 valence electrons. The van der Waals surface area contributed by atoms with Crippen LogP contribution >= 0.6 is 0 Å². The van der Waals surface area contributed by atoms with E-state index in [4.69, 9.17) is 14.2 Å². The van der Waals surface area contributed by atoms with Crippen molar-refractivity contribution in [2.45, 2.75) is 19.4 Å². The maximum Gasteiger partial charge on any atom is 0.145 e. The van der Waals surface area contributed by atoms with Gasteiger partial charge in [0.1, 0.15) is 23.0 Å². The van der Waals surface area contributed by atoms with E-state index < -0.39 is 6.10 Å². The first-order chi connectivity index (χ1) is 10.2. The third-order valence-corrected chi connectivity index (χ3v) is 3.05. The molecule has 0 bridgehead atoms. The molecule has 0 radical (unpaired) electrons. The lowest BCUT2D eigenvalue weighted by Gasteiger charge is -2.11. The first-order valence-electron chi connectivity index (χ1n) is 6.71. The number of hydrogen-bond acceptors (Lipinski definition) is 5. The van der Waals surface area contributed by atoms with E-state index in [1.807, 2.05) is 6.92 Å².